The highest BCUT2D eigenvalue weighted by molar-refractivity contribution is 5.90. The van der Waals surface area contributed by atoms with Crippen LogP contribution in [-0.2, 0) is 20.7 Å². The largest absolute Gasteiger partial charge is 0.482 e. The molecular formula is C17H25NO5. The van der Waals surface area contributed by atoms with Gasteiger partial charge in [0.2, 0.25) is 0 Å². The second-order valence-electron chi connectivity index (χ2n) is 6.11. The predicted molar refractivity (Wildman–Crippen MR) is 86.7 cm³/mol. The van der Waals surface area contributed by atoms with Gasteiger partial charge in [-0.05, 0) is 39.7 Å². The van der Waals surface area contributed by atoms with Crippen molar-refractivity contribution in [1.82, 2.24) is 4.98 Å². The van der Waals surface area contributed by atoms with Gasteiger partial charge in [-0.1, -0.05) is 12.7 Å². The van der Waals surface area contributed by atoms with E-state index < -0.39 is 11.6 Å². The lowest BCUT2D eigenvalue weighted by atomic mass is 10.1. The van der Waals surface area contributed by atoms with Gasteiger partial charge in [-0.2, -0.15) is 0 Å². The number of methoxy groups -OCH3 is 1. The van der Waals surface area contributed by atoms with E-state index in [0.29, 0.717) is 23.6 Å². The monoisotopic (exact) mass is 323 g/mol. The first-order valence-corrected chi connectivity index (χ1v) is 7.45. The molecule has 6 heteroatoms. The van der Waals surface area contributed by atoms with Crippen molar-refractivity contribution in [2.75, 3.05) is 13.7 Å². The first-order chi connectivity index (χ1) is 10.7. The lowest BCUT2D eigenvalue weighted by Gasteiger charge is -2.19. The summed E-state index contributed by atoms with van der Waals surface area (Å²) in [5.74, 6) is -0.335. The topological polar surface area (TPSA) is 77.6 Å². The van der Waals surface area contributed by atoms with Gasteiger partial charge in [-0.15, -0.1) is 0 Å². The van der Waals surface area contributed by atoms with Gasteiger partial charge < -0.3 is 19.2 Å². The average molecular weight is 323 g/mol. The van der Waals surface area contributed by atoms with Crippen molar-refractivity contribution in [3.8, 4) is 5.88 Å². The number of aromatic nitrogens is 1. The molecule has 128 valence electrons. The predicted octanol–water partition coefficient (Wildman–Crippen LogP) is 2.95. The average Bonchev–Trinajstić information content (AvgIpc) is 2.77. The number of rotatable bonds is 7. The molecule has 0 saturated carbocycles. The molecule has 0 spiro atoms. The van der Waals surface area contributed by atoms with Crippen LogP contribution in [0.2, 0.25) is 0 Å². The summed E-state index contributed by atoms with van der Waals surface area (Å²) in [6.07, 6.45) is 2.02. The quantitative estimate of drug-likeness (QED) is 0.616. The van der Waals surface area contributed by atoms with Crippen molar-refractivity contribution in [1.29, 1.82) is 0 Å². The molecule has 23 heavy (non-hydrogen) atoms. The fraction of sp³-hybridized carbons (Fsp3) is 0.529. The molecule has 0 aliphatic heterocycles. The van der Waals surface area contributed by atoms with Gasteiger partial charge in [0.25, 0.3) is 0 Å². The molecule has 1 heterocycles. The standard InChI is InChI=1S/C17H25NO5/c1-7-10-22-13(19)9-8-12-11(2)15(21-6)18-14(12)16(20)23-17(3,4)5/h7,18H,1,8-10H2,2-6H3. The third-order valence-electron chi connectivity index (χ3n) is 3.08. The minimum Gasteiger partial charge on any atom is -0.482 e. The van der Waals surface area contributed by atoms with Crippen LogP contribution in [-0.4, -0.2) is 36.2 Å². The zero-order valence-electron chi connectivity index (χ0n) is 14.4. The Morgan fingerprint density at radius 1 is 1.30 bits per heavy atom. The Morgan fingerprint density at radius 2 is 1.96 bits per heavy atom. The molecule has 1 N–H and O–H groups in total. The third kappa shape index (κ3) is 5.47. The van der Waals surface area contributed by atoms with E-state index in [2.05, 4.69) is 11.6 Å². The van der Waals surface area contributed by atoms with Gasteiger partial charge in [-0.25, -0.2) is 4.79 Å². The van der Waals surface area contributed by atoms with Gasteiger partial charge in [0.1, 0.15) is 17.9 Å². The molecule has 0 aliphatic rings. The van der Waals surface area contributed by atoms with Crippen LogP contribution in [0, 0.1) is 6.92 Å². The molecule has 0 atom stereocenters. The second kappa shape index (κ2) is 7.85. The molecule has 0 aliphatic carbocycles. The van der Waals surface area contributed by atoms with E-state index in [-0.39, 0.29) is 19.0 Å². The Balaban J connectivity index is 2.96. The van der Waals surface area contributed by atoms with Crippen molar-refractivity contribution in [2.24, 2.45) is 0 Å². The molecule has 0 amide bonds. The molecule has 1 aromatic rings. The van der Waals surface area contributed by atoms with Crippen LogP contribution in [0.4, 0.5) is 0 Å². The first kappa shape index (κ1) is 18.8. The molecule has 0 saturated heterocycles. The highest BCUT2D eigenvalue weighted by atomic mass is 16.6. The van der Waals surface area contributed by atoms with Crippen molar-refractivity contribution in [3.05, 3.63) is 29.5 Å². The van der Waals surface area contributed by atoms with Gasteiger partial charge in [-0.3, -0.25) is 4.79 Å². The lowest BCUT2D eigenvalue weighted by Crippen LogP contribution is -2.24. The van der Waals surface area contributed by atoms with E-state index in [9.17, 15) is 9.59 Å². The van der Waals surface area contributed by atoms with Crippen molar-refractivity contribution < 1.29 is 23.8 Å². The molecule has 0 unspecified atom stereocenters. The maximum Gasteiger partial charge on any atom is 0.355 e. The Morgan fingerprint density at radius 3 is 2.48 bits per heavy atom. The van der Waals surface area contributed by atoms with Crippen LogP contribution in [0.25, 0.3) is 0 Å². The summed E-state index contributed by atoms with van der Waals surface area (Å²) in [7, 11) is 1.51. The summed E-state index contributed by atoms with van der Waals surface area (Å²) >= 11 is 0. The molecular weight excluding hydrogens is 298 g/mol. The number of carbonyl (C=O) groups is 2. The zero-order chi connectivity index (χ0) is 17.6. The van der Waals surface area contributed by atoms with Gasteiger partial charge >= 0.3 is 11.9 Å². The van der Waals surface area contributed by atoms with E-state index in [0.717, 1.165) is 5.56 Å². The molecule has 1 aromatic heterocycles. The van der Waals surface area contributed by atoms with Crippen molar-refractivity contribution in [3.63, 3.8) is 0 Å². The maximum absolute atomic E-state index is 12.3. The molecule has 0 aromatic carbocycles. The van der Waals surface area contributed by atoms with E-state index in [1.165, 1.54) is 13.2 Å². The number of nitrogens with one attached hydrogen (secondary N) is 1. The number of hydrogen-bond acceptors (Lipinski definition) is 5. The van der Waals surface area contributed by atoms with Gasteiger partial charge in [0.05, 0.1) is 7.11 Å². The Bertz CT molecular complexity index is 581. The van der Waals surface area contributed by atoms with Crippen molar-refractivity contribution >= 4 is 11.9 Å². The first-order valence-electron chi connectivity index (χ1n) is 7.45. The second-order valence-corrected chi connectivity index (χ2v) is 6.11. The van der Waals surface area contributed by atoms with Gasteiger partial charge in [0, 0.05) is 12.0 Å². The number of aromatic amines is 1. The lowest BCUT2D eigenvalue weighted by molar-refractivity contribution is -0.142. The highest BCUT2D eigenvalue weighted by Gasteiger charge is 2.25. The summed E-state index contributed by atoms with van der Waals surface area (Å²) in [4.78, 5) is 26.9. The number of ether oxygens (including phenoxy) is 3. The highest BCUT2D eigenvalue weighted by Crippen LogP contribution is 2.27. The van der Waals surface area contributed by atoms with Gasteiger partial charge in [0.15, 0.2) is 5.88 Å². The Kier molecular flexibility index (Phi) is 6.42. The summed E-state index contributed by atoms with van der Waals surface area (Å²) in [5, 5.41) is 0. The molecule has 1 rings (SSSR count). The number of H-pyrrole nitrogens is 1. The SMILES string of the molecule is C=CCOC(=O)CCc1c(C(=O)OC(C)(C)C)[nH]c(OC)c1C. The molecule has 6 nitrogen and oxygen atoms in total. The van der Waals surface area contributed by atoms with Crippen LogP contribution in [0.1, 0.15) is 48.8 Å². The Labute approximate surface area is 136 Å². The molecule has 0 radical (unpaired) electrons. The minimum atomic E-state index is -0.608. The van der Waals surface area contributed by atoms with E-state index in [1.807, 2.05) is 6.92 Å². The van der Waals surface area contributed by atoms with Crippen LogP contribution in [0.3, 0.4) is 0 Å². The summed E-state index contributed by atoms with van der Waals surface area (Å²) in [6.45, 7) is 10.9. The smallest absolute Gasteiger partial charge is 0.355 e. The summed E-state index contributed by atoms with van der Waals surface area (Å²) in [5.41, 5.74) is 1.19. The zero-order valence-corrected chi connectivity index (χ0v) is 14.4. The number of esters is 2. The van der Waals surface area contributed by atoms with Crippen LogP contribution in [0.15, 0.2) is 12.7 Å². The third-order valence-corrected chi connectivity index (χ3v) is 3.08. The molecule has 0 bridgehead atoms. The number of carbonyl (C=O) groups excluding carboxylic acids is 2. The molecule has 0 fully saturated rings. The van der Waals surface area contributed by atoms with Crippen LogP contribution in [0.5, 0.6) is 5.88 Å². The van der Waals surface area contributed by atoms with E-state index in [1.54, 1.807) is 20.8 Å². The summed E-state index contributed by atoms with van der Waals surface area (Å²) < 4.78 is 15.6. The minimum absolute atomic E-state index is 0.158. The fourth-order valence-corrected chi connectivity index (χ4v) is 2.08. The van der Waals surface area contributed by atoms with Crippen molar-refractivity contribution in [2.45, 2.75) is 46.1 Å². The Hall–Kier alpha value is -2.24. The van der Waals surface area contributed by atoms with E-state index in [4.69, 9.17) is 14.2 Å². The maximum atomic E-state index is 12.3. The van der Waals surface area contributed by atoms with Crippen LogP contribution >= 0.6 is 0 Å². The normalized spacial score (nSPS) is 11.0. The van der Waals surface area contributed by atoms with Crippen LogP contribution < -0.4 is 4.74 Å². The number of hydrogen-bond donors (Lipinski definition) is 1. The summed E-state index contributed by atoms with van der Waals surface area (Å²) in [6, 6.07) is 0. The fourth-order valence-electron chi connectivity index (χ4n) is 2.08. The van der Waals surface area contributed by atoms with E-state index >= 15 is 0 Å².